The van der Waals surface area contributed by atoms with Crippen LogP contribution in [-0.4, -0.2) is 17.6 Å². The lowest BCUT2D eigenvalue weighted by atomic mass is 10.1. The molecule has 5 heteroatoms. The molecular formula is C22H26N2O2S. The van der Waals surface area contributed by atoms with E-state index < -0.39 is 0 Å². The summed E-state index contributed by atoms with van der Waals surface area (Å²) >= 11 is 1.64. The minimum Gasteiger partial charge on any atom is -0.326 e. The van der Waals surface area contributed by atoms with Gasteiger partial charge in [-0.25, -0.2) is 0 Å². The second-order valence-corrected chi connectivity index (χ2v) is 7.79. The SMILES string of the molecule is CCCCC(=O)Nc1ccc(C2SCC(=O)N2c2cccc(CC)c2)cc1. The van der Waals surface area contributed by atoms with E-state index in [1.165, 1.54) is 5.56 Å². The second-order valence-electron chi connectivity index (χ2n) is 6.72. The van der Waals surface area contributed by atoms with Crippen molar-refractivity contribution in [3.05, 3.63) is 59.7 Å². The number of aryl methyl sites for hydroxylation is 1. The number of carbonyl (C=O) groups excluding carboxylic acids is 2. The zero-order valence-electron chi connectivity index (χ0n) is 15.9. The van der Waals surface area contributed by atoms with Gasteiger partial charge in [0, 0.05) is 17.8 Å². The lowest BCUT2D eigenvalue weighted by molar-refractivity contribution is -0.116. The highest BCUT2D eigenvalue weighted by Gasteiger charge is 2.34. The van der Waals surface area contributed by atoms with Crippen molar-refractivity contribution in [2.24, 2.45) is 0 Å². The van der Waals surface area contributed by atoms with Crippen LogP contribution in [0, 0.1) is 0 Å². The van der Waals surface area contributed by atoms with Gasteiger partial charge in [0.1, 0.15) is 5.37 Å². The van der Waals surface area contributed by atoms with E-state index in [4.69, 9.17) is 0 Å². The van der Waals surface area contributed by atoms with E-state index in [-0.39, 0.29) is 17.2 Å². The molecule has 2 aromatic rings. The molecule has 27 heavy (non-hydrogen) atoms. The molecule has 142 valence electrons. The molecule has 3 rings (SSSR count). The quantitative estimate of drug-likeness (QED) is 0.720. The summed E-state index contributed by atoms with van der Waals surface area (Å²) in [6.07, 6.45) is 3.40. The zero-order valence-corrected chi connectivity index (χ0v) is 16.7. The van der Waals surface area contributed by atoms with Crippen LogP contribution in [0.4, 0.5) is 11.4 Å². The Kier molecular flexibility index (Phi) is 6.56. The number of nitrogens with one attached hydrogen (secondary N) is 1. The first kappa shape index (κ1) is 19.5. The number of anilines is 2. The van der Waals surface area contributed by atoms with Gasteiger partial charge in [-0.1, -0.05) is 44.5 Å². The molecule has 0 bridgehead atoms. The van der Waals surface area contributed by atoms with Gasteiger partial charge in [0.15, 0.2) is 0 Å². The molecule has 2 amide bonds. The normalized spacial score (nSPS) is 16.6. The Morgan fingerprint density at radius 3 is 2.67 bits per heavy atom. The fourth-order valence-electron chi connectivity index (χ4n) is 3.17. The maximum atomic E-state index is 12.5. The highest BCUT2D eigenvalue weighted by atomic mass is 32.2. The van der Waals surface area contributed by atoms with Crippen LogP contribution in [0.3, 0.4) is 0 Å². The minimum atomic E-state index is -0.0329. The van der Waals surface area contributed by atoms with E-state index in [1.54, 1.807) is 11.8 Å². The van der Waals surface area contributed by atoms with Gasteiger partial charge < -0.3 is 5.32 Å². The Hall–Kier alpha value is -2.27. The Morgan fingerprint density at radius 1 is 1.19 bits per heavy atom. The third-order valence-electron chi connectivity index (χ3n) is 4.70. The van der Waals surface area contributed by atoms with E-state index in [1.807, 2.05) is 41.3 Å². The highest BCUT2D eigenvalue weighted by molar-refractivity contribution is 8.00. The van der Waals surface area contributed by atoms with Crippen LogP contribution < -0.4 is 10.2 Å². The molecule has 0 spiro atoms. The fourth-order valence-corrected chi connectivity index (χ4v) is 4.35. The molecule has 0 radical (unpaired) electrons. The molecule has 1 fully saturated rings. The molecule has 1 atom stereocenters. The van der Waals surface area contributed by atoms with Crippen molar-refractivity contribution in [1.82, 2.24) is 0 Å². The van der Waals surface area contributed by atoms with Crippen LogP contribution in [0.15, 0.2) is 48.5 Å². The van der Waals surface area contributed by atoms with Crippen molar-refractivity contribution in [1.29, 1.82) is 0 Å². The Bertz CT molecular complexity index is 804. The molecule has 1 unspecified atom stereocenters. The van der Waals surface area contributed by atoms with Crippen LogP contribution in [-0.2, 0) is 16.0 Å². The summed E-state index contributed by atoms with van der Waals surface area (Å²) in [4.78, 5) is 26.3. The van der Waals surface area contributed by atoms with Crippen LogP contribution in [0.1, 0.15) is 49.6 Å². The number of carbonyl (C=O) groups is 2. The van der Waals surface area contributed by atoms with E-state index in [9.17, 15) is 9.59 Å². The monoisotopic (exact) mass is 382 g/mol. The van der Waals surface area contributed by atoms with E-state index in [0.29, 0.717) is 12.2 Å². The summed E-state index contributed by atoms with van der Waals surface area (Å²) < 4.78 is 0. The van der Waals surface area contributed by atoms with Crippen molar-refractivity contribution in [3.8, 4) is 0 Å². The van der Waals surface area contributed by atoms with Gasteiger partial charge >= 0.3 is 0 Å². The summed E-state index contributed by atoms with van der Waals surface area (Å²) in [5, 5.41) is 2.90. The van der Waals surface area contributed by atoms with E-state index >= 15 is 0 Å². The maximum absolute atomic E-state index is 12.5. The predicted octanol–water partition coefficient (Wildman–Crippen LogP) is 5.16. The molecule has 1 saturated heterocycles. The second kappa shape index (κ2) is 9.09. The van der Waals surface area contributed by atoms with Gasteiger partial charge in [-0.15, -0.1) is 11.8 Å². The average molecular weight is 383 g/mol. The number of amides is 2. The minimum absolute atomic E-state index is 0.0329. The van der Waals surface area contributed by atoms with Crippen molar-refractivity contribution < 1.29 is 9.59 Å². The fraction of sp³-hybridized carbons (Fsp3) is 0.364. The Morgan fingerprint density at radius 2 is 1.96 bits per heavy atom. The first-order chi connectivity index (χ1) is 13.1. The van der Waals surface area contributed by atoms with Crippen molar-refractivity contribution in [2.75, 3.05) is 16.0 Å². The van der Waals surface area contributed by atoms with Gasteiger partial charge in [0.25, 0.3) is 0 Å². The Balaban J connectivity index is 1.76. The highest BCUT2D eigenvalue weighted by Crippen LogP contribution is 2.42. The van der Waals surface area contributed by atoms with Gasteiger partial charge in [0.2, 0.25) is 11.8 Å². The largest absolute Gasteiger partial charge is 0.326 e. The molecular weight excluding hydrogens is 356 g/mol. The van der Waals surface area contributed by atoms with Gasteiger partial charge in [-0.05, 0) is 48.2 Å². The van der Waals surface area contributed by atoms with Crippen molar-refractivity contribution in [2.45, 2.75) is 44.9 Å². The molecule has 1 aliphatic heterocycles. The van der Waals surface area contributed by atoms with Crippen molar-refractivity contribution >= 4 is 35.0 Å². The van der Waals surface area contributed by atoms with Crippen molar-refractivity contribution in [3.63, 3.8) is 0 Å². The maximum Gasteiger partial charge on any atom is 0.238 e. The van der Waals surface area contributed by atoms with E-state index in [2.05, 4.69) is 31.3 Å². The zero-order chi connectivity index (χ0) is 19.2. The summed E-state index contributed by atoms with van der Waals surface area (Å²) in [6, 6.07) is 16.0. The molecule has 0 saturated carbocycles. The number of hydrogen-bond acceptors (Lipinski definition) is 3. The lowest BCUT2D eigenvalue weighted by Gasteiger charge is -2.25. The van der Waals surface area contributed by atoms with Gasteiger partial charge in [-0.2, -0.15) is 0 Å². The first-order valence-electron chi connectivity index (χ1n) is 9.54. The Labute approximate surface area is 165 Å². The number of rotatable bonds is 7. The molecule has 0 aromatic heterocycles. The summed E-state index contributed by atoms with van der Waals surface area (Å²) in [5.74, 6) is 0.666. The van der Waals surface area contributed by atoms with Crippen LogP contribution >= 0.6 is 11.8 Å². The number of benzene rings is 2. The smallest absolute Gasteiger partial charge is 0.238 e. The van der Waals surface area contributed by atoms with Crippen LogP contribution in [0.25, 0.3) is 0 Å². The number of hydrogen-bond donors (Lipinski definition) is 1. The summed E-state index contributed by atoms with van der Waals surface area (Å²) in [6.45, 7) is 4.19. The molecule has 4 nitrogen and oxygen atoms in total. The molecule has 1 heterocycles. The molecule has 0 aliphatic carbocycles. The number of unbranched alkanes of at least 4 members (excludes halogenated alkanes) is 1. The first-order valence-corrected chi connectivity index (χ1v) is 10.6. The topological polar surface area (TPSA) is 49.4 Å². The standard InChI is InChI=1S/C22H26N2O2S/c1-3-5-9-20(25)23-18-12-10-17(11-13-18)22-24(21(26)15-27-22)19-8-6-7-16(4-2)14-19/h6-8,10-14,22H,3-5,9,15H2,1-2H3,(H,23,25). The average Bonchev–Trinajstić information content (AvgIpc) is 3.08. The number of nitrogens with zero attached hydrogens (tertiary/aromatic N) is 1. The lowest BCUT2D eigenvalue weighted by Crippen LogP contribution is -2.27. The predicted molar refractivity (Wildman–Crippen MR) is 113 cm³/mol. The molecule has 1 N–H and O–H groups in total. The summed E-state index contributed by atoms with van der Waals surface area (Å²) in [5.41, 5.74) is 4.04. The van der Waals surface area contributed by atoms with Crippen LogP contribution in [0.5, 0.6) is 0 Å². The van der Waals surface area contributed by atoms with E-state index in [0.717, 1.165) is 36.2 Å². The molecule has 2 aromatic carbocycles. The third kappa shape index (κ3) is 4.72. The number of thioether (sulfide) groups is 1. The summed E-state index contributed by atoms with van der Waals surface area (Å²) in [7, 11) is 0. The van der Waals surface area contributed by atoms with Gasteiger partial charge in [0.05, 0.1) is 5.75 Å². The van der Waals surface area contributed by atoms with Crippen LogP contribution in [0.2, 0.25) is 0 Å². The van der Waals surface area contributed by atoms with Gasteiger partial charge in [-0.3, -0.25) is 14.5 Å². The third-order valence-corrected chi connectivity index (χ3v) is 5.91. The molecule has 1 aliphatic rings.